The van der Waals surface area contributed by atoms with Gasteiger partial charge in [0.25, 0.3) is 0 Å². The molecule has 1 saturated heterocycles. The van der Waals surface area contributed by atoms with E-state index < -0.39 is 0 Å². The Kier molecular flexibility index (Phi) is 8.80. The predicted molar refractivity (Wildman–Crippen MR) is 102 cm³/mol. The van der Waals surface area contributed by atoms with Crippen molar-refractivity contribution in [1.29, 1.82) is 0 Å². The highest BCUT2D eigenvalue weighted by atomic mass is 79.9. The molecule has 138 valence electrons. The van der Waals surface area contributed by atoms with E-state index in [1.54, 1.807) is 0 Å². The first-order chi connectivity index (χ1) is 12.1. The van der Waals surface area contributed by atoms with Crippen molar-refractivity contribution in [3.8, 4) is 5.75 Å². The molecule has 1 aromatic carbocycles. The van der Waals surface area contributed by atoms with Gasteiger partial charge in [0, 0.05) is 36.9 Å². The summed E-state index contributed by atoms with van der Waals surface area (Å²) in [4.78, 5) is 25.9. The number of nitrogens with zero attached hydrogens (tertiary/aromatic N) is 1. The Morgan fingerprint density at radius 2 is 1.88 bits per heavy atom. The Bertz CT molecular complexity index is 557. The van der Waals surface area contributed by atoms with Crippen LogP contribution in [0.2, 0.25) is 0 Å². The molecule has 1 aliphatic heterocycles. The second kappa shape index (κ2) is 11.1. The molecule has 0 spiro atoms. The van der Waals surface area contributed by atoms with Gasteiger partial charge in [0.05, 0.1) is 6.61 Å². The molecule has 1 fully saturated rings. The minimum atomic E-state index is -0.0264. The van der Waals surface area contributed by atoms with Crippen LogP contribution in [0.1, 0.15) is 44.9 Å². The van der Waals surface area contributed by atoms with Gasteiger partial charge < -0.3 is 15.0 Å². The molecule has 2 amide bonds. The molecule has 0 aromatic heterocycles. The Hall–Kier alpha value is -1.56. The smallest absolute Gasteiger partial charge is 0.224 e. The van der Waals surface area contributed by atoms with E-state index in [9.17, 15) is 9.59 Å². The van der Waals surface area contributed by atoms with Crippen LogP contribution in [0.25, 0.3) is 0 Å². The van der Waals surface area contributed by atoms with Gasteiger partial charge in [-0.2, -0.15) is 0 Å². The molecule has 1 aromatic rings. The van der Waals surface area contributed by atoms with Crippen LogP contribution in [-0.4, -0.2) is 43.0 Å². The Balaban J connectivity index is 1.54. The minimum absolute atomic E-state index is 0.0264. The molecule has 0 atom stereocenters. The molecule has 1 N–H and O–H groups in total. The number of carbonyl (C=O) groups is 2. The highest BCUT2D eigenvalue weighted by molar-refractivity contribution is 9.10. The maximum atomic E-state index is 12.1. The number of hydrogen-bond donors (Lipinski definition) is 1. The third-order valence-electron chi connectivity index (χ3n) is 4.23. The second-order valence-corrected chi connectivity index (χ2v) is 7.22. The number of benzene rings is 1. The Morgan fingerprint density at radius 1 is 1.12 bits per heavy atom. The molecule has 0 bridgehead atoms. The Morgan fingerprint density at radius 3 is 2.60 bits per heavy atom. The summed E-state index contributed by atoms with van der Waals surface area (Å²) in [5, 5.41) is 2.83. The quantitative estimate of drug-likeness (QED) is 0.666. The molecular weight excluding hydrogens is 384 g/mol. The van der Waals surface area contributed by atoms with Gasteiger partial charge in [-0.1, -0.05) is 34.8 Å². The Labute approximate surface area is 158 Å². The minimum Gasteiger partial charge on any atom is -0.494 e. The van der Waals surface area contributed by atoms with Crippen LogP contribution in [0.3, 0.4) is 0 Å². The molecule has 1 heterocycles. The first kappa shape index (κ1) is 19.8. The van der Waals surface area contributed by atoms with Crippen molar-refractivity contribution in [3.05, 3.63) is 28.7 Å². The summed E-state index contributed by atoms with van der Waals surface area (Å²) in [7, 11) is 0. The van der Waals surface area contributed by atoms with Crippen molar-refractivity contribution >= 4 is 27.7 Å². The SMILES string of the molecule is O=C(CCCOc1cccc(Br)c1)NCCC(=O)N1CCCCCC1. The lowest BCUT2D eigenvalue weighted by Gasteiger charge is -2.20. The van der Waals surface area contributed by atoms with Gasteiger partial charge in [-0.3, -0.25) is 9.59 Å². The summed E-state index contributed by atoms with van der Waals surface area (Å²) in [6, 6.07) is 7.63. The van der Waals surface area contributed by atoms with Gasteiger partial charge in [-0.25, -0.2) is 0 Å². The average Bonchev–Trinajstić information content (AvgIpc) is 2.88. The average molecular weight is 411 g/mol. The highest BCUT2D eigenvalue weighted by Crippen LogP contribution is 2.17. The maximum absolute atomic E-state index is 12.1. The third kappa shape index (κ3) is 7.90. The van der Waals surface area contributed by atoms with E-state index in [1.165, 1.54) is 12.8 Å². The molecule has 6 heteroatoms. The van der Waals surface area contributed by atoms with Gasteiger partial charge in [0.1, 0.15) is 5.75 Å². The molecule has 1 aliphatic rings. The fourth-order valence-corrected chi connectivity index (χ4v) is 3.23. The highest BCUT2D eigenvalue weighted by Gasteiger charge is 2.15. The van der Waals surface area contributed by atoms with Crippen LogP contribution in [0.15, 0.2) is 28.7 Å². The predicted octanol–water partition coefficient (Wildman–Crippen LogP) is 3.52. The van der Waals surface area contributed by atoms with Crippen LogP contribution < -0.4 is 10.1 Å². The maximum Gasteiger partial charge on any atom is 0.224 e. The van der Waals surface area contributed by atoms with Crippen molar-refractivity contribution in [1.82, 2.24) is 10.2 Å². The van der Waals surface area contributed by atoms with Crippen LogP contribution >= 0.6 is 15.9 Å². The lowest BCUT2D eigenvalue weighted by Crippen LogP contribution is -2.35. The van der Waals surface area contributed by atoms with E-state index in [2.05, 4.69) is 21.2 Å². The topological polar surface area (TPSA) is 58.6 Å². The van der Waals surface area contributed by atoms with E-state index >= 15 is 0 Å². The van der Waals surface area contributed by atoms with Crippen molar-refractivity contribution in [3.63, 3.8) is 0 Å². The summed E-state index contributed by atoms with van der Waals surface area (Å²) in [5.74, 6) is 0.916. The van der Waals surface area contributed by atoms with Gasteiger partial charge in [0.2, 0.25) is 11.8 Å². The van der Waals surface area contributed by atoms with E-state index in [0.717, 1.165) is 36.2 Å². The molecule has 2 rings (SSSR count). The summed E-state index contributed by atoms with van der Waals surface area (Å²) in [6.45, 7) is 2.64. The number of likely N-dealkylation sites (tertiary alicyclic amines) is 1. The van der Waals surface area contributed by atoms with E-state index in [1.807, 2.05) is 29.2 Å². The lowest BCUT2D eigenvalue weighted by molar-refractivity contribution is -0.131. The molecular formula is C19H27BrN2O3. The van der Waals surface area contributed by atoms with E-state index in [0.29, 0.717) is 32.4 Å². The number of hydrogen-bond acceptors (Lipinski definition) is 3. The molecule has 0 saturated carbocycles. The largest absolute Gasteiger partial charge is 0.494 e. The van der Waals surface area contributed by atoms with Crippen LogP contribution in [0, 0.1) is 0 Å². The molecule has 25 heavy (non-hydrogen) atoms. The van der Waals surface area contributed by atoms with Crippen LogP contribution in [-0.2, 0) is 9.59 Å². The summed E-state index contributed by atoms with van der Waals surface area (Å²) in [6.07, 6.45) is 6.06. The first-order valence-corrected chi connectivity index (χ1v) is 9.87. The fourth-order valence-electron chi connectivity index (χ4n) is 2.85. The lowest BCUT2D eigenvalue weighted by atomic mass is 10.2. The number of rotatable bonds is 8. The summed E-state index contributed by atoms with van der Waals surface area (Å²) in [5.41, 5.74) is 0. The number of ether oxygens (including phenoxy) is 1. The van der Waals surface area contributed by atoms with Crippen LogP contribution in [0.4, 0.5) is 0 Å². The van der Waals surface area contributed by atoms with Crippen molar-refractivity contribution in [2.75, 3.05) is 26.2 Å². The van der Waals surface area contributed by atoms with E-state index in [-0.39, 0.29) is 11.8 Å². The van der Waals surface area contributed by atoms with Crippen LogP contribution in [0.5, 0.6) is 5.75 Å². The third-order valence-corrected chi connectivity index (χ3v) is 4.73. The number of nitrogens with one attached hydrogen (secondary N) is 1. The fraction of sp³-hybridized carbons (Fsp3) is 0.579. The number of carbonyl (C=O) groups excluding carboxylic acids is 2. The van der Waals surface area contributed by atoms with Crippen molar-refractivity contribution < 1.29 is 14.3 Å². The van der Waals surface area contributed by atoms with Gasteiger partial charge in [-0.15, -0.1) is 0 Å². The summed E-state index contributed by atoms with van der Waals surface area (Å²) < 4.78 is 6.57. The second-order valence-electron chi connectivity index (χ2n) is 6.30. The molecule has 5 nitrogen and oxygen atoms in total. The summed E-state index contributed by atoms with van der Waals surface area (Å²) >= 11 is 3.39. The standard InChI is InChI=1S/C19H27BrN2O3/c20-16-7-5-8-17(15-16)25-14-6-9-18(23)21-11-10-19(24)22-12-3-1-2-4-13-22/h5,7-8,15H,1-4,6,9-14H2,(H,21,23). The van der Waals surface area contributed by atoms with Gasteiger partial charge in [-0.05, 0) is 37.5 Å². The normalized spacial score (nSPS) is 14.7. The molecule has 0 aliphatic carbocycles. The monoisotopic (exact) mass is 410 g/mol. The van der Waals surface area contributed by atoms with Crippen molar-refractivity contribution in [2.24, 2.45) is 0 Å². The van der Waals surface area contributed by atoms with Crippen molar-refractivity contribution in [2.45, 2.75) is 44.9 Å². The zero-order valence-corrected chi connectivity index (χ0v) is 16.2. The van der Waals surface area contributed by atoms with E-state index in [4.69, 9.17) is 4.74 Å². The van der Waals surface area contributed by atoms with Gasteiger partial charge >= 0.3 is 0 Å². The molecule has 0 radical (unpaired) electrons. The zero-order valence-electron chi connectivity index (χ0n) is 14.6. The van der Waals surface area contributed by atoms with Gasteiger partial charge in [0.15, 0.2) is 0 Å². The zero-order chi connectivity index (χ0) is 17.9. The number of halogens is 1. The first-order valence-electron chi connectivity index (χ1n) is 9.08. The number of amides is 2. The molecule has 0 unspecified atom stereocenters.